The number of aryl methyl sites for hydroxylation is 1. The van der Waals surface area contributed by atoms with Crippen LogP contribution in [0.5, 0.6) is 0 Å². The SMILES string of the molecule is CO[C@H]1C[C@@H](CN2CCCC2)N(C(=O)c2cccc3[nH]c(C)nc23)C1. The van der Waals surface area contributed by atoms with Crippen LogP contribution in [0.1, 0.15) is 35.4 Å². The van der Waals surface area contributed by atoms with E-state index in [9.17, 15) is 4.79 Å². The van der Waals surface area contributed by atoms with E-state index >= 15 is 0 Å². The van der Waals surface area contributed by atoms with Crippen molar-refractivity contribution >= 4 is 16.9 Å². The number of nitrogens with zero attached hydrogens (tertiary/aromatic N) is 3. The van der Waals surface area contributed by atoms with Gasteiger partial charge in [-0.2, -0.15) is 0 Å². The number of benzene rings is 1. The summed E-state index contributed by atoms with van der Waals surface area (Å²) in [6.45, 7) is 5.81. The van der Waals surface area contributed by atoms with E-state index in [2.05, 4.69) is 14.9 Å². The summed E-state index contributed by atoms with van der Waals surface area (Å²) in [7, 11) is 1.74. The van der Waals surface area contributed by atoms with Crippen LogP contribution in [0.4, 0.5) is 0 Å². The fraction of sp³-hybridized carbons (Fsp3) is 0.579. The molecule has 2 aliphatic rings. The van der Waals surface area contributed by atoms with Gasteiger partial charge in [0.25, 0.3) is 5.91 Å². The Morgan fingerprint density at radius 1 is 1.36 bits per heavy atom. The fourth-order valence-corrected chi connectivity index (χ4v) is 4.21. The molecule has 2 atom stereocenters. The highest BCUT2D eigenvalue weighted by atomic mass is 16.5. The number of fused-ring (bicyclic) bond motifs is 1. The van der Waals surface area contributed by atoms with Gasteiger partial charge in [0.1, 0.15) is 11.3 Å². The molecule has 0 radical (unpaired) electrons. The van der Waals surface area contributed by atoms with Gasteiger partial charge in [-0.25, -0.2) is 4.98 Å². The summed E-state index contributed by atoms with van der Waals surface area (Å²) in [5, 5.41) is 0. The van der Waals surface area contributed by atoms with Crippen molar-refractivity contribution in [3.8, 4) is 0 Å². The van der Waals surface area contributed by atoms with Crippen molar-refractivity contribution in [2.24, 2.45) is 0 Å². The average molecular weight is 342 g/mol. The highest BCUT2D eigenvalue weighted by Crippen LogP contribution is 2.26. The quantitative estimate of drug-likeness (QED) is 0.925. The number of imidazole rings is 1. The van der Waals surface area contributed by atoms with Crippen LogP contribution in [-0.2, 0) is 4.74 Å². The number of carbonyl (C=O) groups is 1. The molecule has 1 N–H and O–H groups in total. The zero-order chi connectivity index (χ0) is 17.4. The van der Waals surface area contributed by atoms with E-state index in [1.165, 1.54) is 12.8 Å². The van der Waals surface area contributed by atoms with Crippen molar-refractivity contribution in [3.63, 3.8) is 0 Å². The Kier molecular flexibility index (Phi) is 4.48. The molecule has 134 valence electrons. The smallest absolute Gasteiger partial charge is 0.256 e. The van der Waals surface area contributed by atoms with Gasteiger partial charge in [-0.15, -0.1) is 0 Å². The van der Waals surface area contributed by atoms with Gasteiger partial charge in [-0.3, -0.25) is 4.79 Å². The Bertz CT molecular complexity index is 766. The van der Waals surface area contributed by atoms with Crippen LogP contribution in [0.2, 0.25) is 0 Å². The maximum atomic E-state index is 13.3. The Morgan fingerprint density at radius 2 is 2.16 bits per heavy atom. The molecule has 0 saturated carbocycles. The number of methoxy groups -OCH3 is 1. The van der Waals surface area contributed by atoms with E-state index in [1.54, 1.807) is 7.11 Å². The van der Waals surface area contributed by atoms with Crippen LogP contribution >= 0.6 is 0 Å². The van der Waals surface area contributed by atoms with Crippen molar-refractivity contribution in [1.29, 1.82) is 0 Å². The maximum absolute atomic E-state index is 13.3. The molecule has 6 nitrogen and oxygen atoms in total. The number of hydrogen-bond acceptors (Lipinski definition) is 4. The number of rotatable bonds is 4. The molecule has 4 rings (SSSR count). The standard InChI is InChI=1S/C19H26N4O2/c1-13-20-17-7-5-6-16(18(17)21-13)19(24)23-12-15(25-2)10-14(23)11-22-8-3-4-9-22/h5-7,14-15H,3-4,8-12H2,1-2H3,(H,20,21)/t14-,15-/m0/s1. The van der Waals surface area contributed by atoms with Crippen LogP contribution in [0.15, 0.2) is 18.2 Å². The first-order valence-electron chi connectivity index (χ1n) is 9.17. The lowest BCUT2D eigenvalue weighted by molar-refractivity contribution is 0.0672. The summed E-state index contributed by atoms with van der Waals surface area (Å²) in [5.74, 6) is 0.904. The maximum Gasteiger partial charge on any atom is 0.256 e. The van der Waals surface area contributed by atoms with Gasteiger partial charge in [-0.1, -0.05) is 6.07 Å². The van der Waals surface area contributed by atoms with Crippen molar-refractivity contribution in [3.05, 3.63) is 29.6 Å². The first-order valence-corrected chi connectivity index (χ1v) is 9.17. The van der Waals surface area contributed by atoms with Gasteiger partial charge in [0.2, 0.25) is 0 Å². The first kappa shape index (κ1) is 16.5. The fourth-order valence-electron chi connectivity index (χ4n) is 4.21. The van der Waals surface area contributed by atoms with Gasteiger partial charge >= 0.3 is 0 Å². The molecule has 0 aliphatic carbocycles. The first-order chi connectivity index (χ1) is 12.2. The number of amides is 1. The third kappa shape index (κ3) is 3.16. The predicted octanol–water partition coefficient (Wildman–Crippen LogP) is 2.20. The molecule has 25 heavy (non-hydrogen) atoms. The Balaban J connectivity index is 1.61. The summed E-state index contributed by atoms with van der Waals surface area (Å²) in [6.07, 6.45) is 3.56. The van der Waals surface area contributed by atoms with Gasteiger partial charge < -0.3 is 19.5 Å². The second kappa shape index (κ2) is 6.77. The zero-order valence-corrected chi connectivity index (χ0v) is 15.0. The number of nitrogens with one attached hydrogen (secondary N) is 1. The Labute approximate surface area is 148 Å². The number of aromatic nitrogens is 2. The van der Waals surface area contributed by atoms with E-state index < -0.39 is 0 Å². The molecule has 0 bridgehead atoms. The second-order valence-electron chi connectivity index (χ2n) is 7.24. The molecule has 0 spiro atoms. The number of aromatic amines is 1. The highest BCUT2D eigenvalue weighted by molar-refractivity contribution is 6.05. The number of H-pyrrole nitrogens is 1. The van der Waals surface area contributed by atoms with E-state index in [0.29, 0.717) is 12.1 Å². The Hall–Kier alpha value is -1.92. The number of ether oxygens (including phenoxy) is 1. The van der Waals surface area contributed by atoms with Crippen LogP contribution in [0.25, 0.3) is 11.0 Å². The van der Waals surface area contributed by atoms with Crippen molar-refractivity contribution in [1.82, 2.24) is 19.8 Å². The van der Waals surface area contributed by atoms with E-state index in [-0.39, 0.29) is 18.1 Å². The highest BCUT2D eigenvalue weighted by Gasteiger charge is 2.37. The molecule has 2 saturated heterocycles. The average Bonchev–Trinajstić information content (AvgIpc) is 3.32. The number of hydrogen-bond donors (Lipinski definition) is 1. The summed E-state index contributed by atoms with van der Waals surface area (Å²) in [6, 6.07) is 5.99. The monoisotopic (exact) mass is 342 g/mol. The van der Waals surface area contributed by atoms with E-state index in [4.69, 9.17) is 4.74 Å². The third-order valence-electron chi connectivity index (χ3n) is 5.50. The van der Waals surface area contributed by atoms with Gasteiger partial charge in [-0.05, 0) is 51.4 Å². The zero-order valence-electron chi connectivity index (χ0n) is 15.0. The molecule has 2 aromatic rings. The van der Waals surface area contributed by atoms with Crippen LogP contribution in [-0.4, -0.2) is 71.1 Å². The number of carbonyl (C=O) groups excluding carboxylic acids is 1. The molecule has 3 heterocycles. The predicted molar refractivity (Wildman–Crippen MR) is 96.7 cm³/mol. The molecule has 1 amide bonds. The molecular weight excluding hydrogens is 316 g/mol. The van der Waals surface area contributed by atoms with Gasteiger partial charge in [0.05, 0.1) is 17.2 Å². The van der Waals surface area contributed by atoms with Crippen molar-refractivity contribution < 1.29 is 9.53 Å². The number of para-hydroxylation sites is 1. The molecule has 6 heteroatoms. The van der Waals surface area contributed by atoms with Gasteiger partial charge in [0.15, 0.2) is 0 Å². The van der Waals surface area contributed by atoms with Crippen molar-refractivity contribution in [2.75, 3.05) is 33.3 Å². The van der Waals surface area contributed by atoms with E-state index in [0.717, 1.165) is 42.9 Å². The summed E-state index contributed by atoms with van der Waals surface area (Å²) < 4.78 is 5.58. The lowest BCUT2D eigenvalue weighted by atomic mass is 10.1. The molecule has 2 aliphatic heterocycles. The second-order valence-corrected chi connectivity index (χ2v) is 7.24. The Morgan fingerprint density at radius 3 is 2.92 bits per heavy atom. The minimum Gasteiger partial charge on any atom is -0.380 e. The summed E-state index contributed by atoms with van der Waals surface area (Å²) in [5.41, 5.74) is 2.37. The normalized spacial score (nSPS) is 24.5. The lowest BCUT2D eigenvalue weighted by Crippen LogP contribution is -2.42. The summed E-state index contributed by atoms with van der Waals surface area (Å²) >= 11 is 0. The van der Waals surface area contributed by atoms with Crippen LogP contribution < -0.4 is 0 Å². The topological polar surface area (TPSA) is 61.5 Å². The molecule has 1 aromatic heterocycles. The largest absolute Gasteiger partial charge is 0.380 e. The molecule has 1 aromatic carbocycles. The molecule has 2 fully saturated rings. The third-order valence-corrected chi connectivity index (χ3v) is 5.50. The minimum absolute atomic E-state index is 0.0702. The number of likely N-dealkylation sites (tertiary alicyclic amines) is 2. The molecule has 0 unspecified atom stereocenters. The summed E-state index contributed by atoms with van der Waals surface area (Å²) in [4.78, 5) is 25.5. The van der Waals surface area contributed by atoms with E-state index in [1.807, 2.05) is 30.0 Å². The van der Waals surface area contributed by atoms with Crippen molar-refractivity contribution in [2.45, 2.75) is 38.3 Å². The molecular formula is C19H26N4O2. The van der Waals surface area contributed by atoms with Crippen LogP contribution in [0, 0.1) is 6.92 Å². The van der Waals surface area contributed by atoms with Gasteiger partial charge in [0, 0.05) is 26.2 Å². The minimum atomic E-state index is 0.0702. The van der Waals surface area contributed by atoms with Crippen LogP contribution in [0.3, 0.4) is 0 Å². The lowest BCUT2D eigenvalue weighted by Gasteiger charge is -2.28.